The van der Waals surface area contributed by atoms with Gasteiger partial charge in [0.05, 0.1) is 19.8 Å². The molecule has 0 saturated carbocycles. The third-order valence-electron chi connectivity index (χ3n) is 3.82. The van der Waals surface area contributed by atoms with Crippen LogP contribution in [-0.4, -0.2) is 46.1 Å². The molecular weight excluding hydrogens is 270 g/mol. The van der Waals surface area contributed by atoms with E-state index in [0.717, 1.165) is 25.0 Å². The summed E-state index contributed by atoms with van der Waals surface area (Å²) in [5.74, 6) is -0.353. The van der Waals surface area contributed by atoms with Crippen LogP contribution in [0.5, 0.6) is 0 Å². The Balaban J connectivity index is 2.24. The first-order valence-electron chi connectivity index (χ1n) is 7.22. The van der Waals surface area contributed by atoms with E-state index in [9.17, 15) is 4.79 Å². The molecular formula is C16H23NO4. The van der Waals surface area contributed by atoms with Crippen LogP contribution in [-0.2, 0) is 24.5 Å². The molecule has 1 aliphatic rings. The summed E-state index contributed by atoms with van der Waals surface area (Å²) in [6, 6.07) is 9.52. The molecule has 1 aromatic rings. The standard InChI is InChI=1S/C16H23NO4/c1-19-12-16(15(18)20-2,13-7-4-3-5-8-13)17-11-14-9-6-10-21-14/h3-5,7-8,14,17H,6,9-12H2,1-2H3. The first-order valence-corrected chi connectivity index (χ1v) is 7.22. The highest BCUT2D eigenvalue weighted by atomic mass is 16.5. The topological polar surface area (TPSA) is 56.8 Å². The van der Waals surface area contributed by atoms with Gasteiger partial charge < -0.3 is 14.2 Å². The monoisotopic (exact) mass is 293 g/mol. The van der Waals surface area contributed by atoms with Crippen LogP contribution in [0.1, 0.15) is 18.4 Å². The van der Waals surface area contributed by atoms with Crippen LogP contribution in [0.25, 0.3) is 0 Å². The lowest BCUT2D eigenvalue weighted by atomic mass is 9.90. The Kier molecular flexibility index (Phi) is 5.73. The second-order valence-corrected chi connectivity index (χ2v) is 5.21. The first-order chi connectivity index (χ1) is 10.2. The number of benzene rings is 1. The second-order valence-electron chi connectivity index (χ2n) is 5.21. The molecule has 116 valence electrons. The van der Waals surface area contributed by atoms with Gasteiger partial charge in [0.2, 0.25) is 0 Å². The Morgan fingerprint density at radius 2 is 2.14 bits per heavy atom. The summed E-state index contributed by atoms with van der Waals surface area (Å²) < 4.78 is 15.9. The maximum absolute atomic E-state index is 12.4. The molecule has 1 heterocycles. The number of hydrogen-bond donors (Lipinski definition) is 1. The molecule has 1 N–H and O–H groups in total. The third-order valence-corrected chi connectivity index (χ3v) is 3.82. The zero-order valence-corrected chi connectivity index (χ0v) is 12.6. The quantitative estimate of drug-likeness (QED) is 0.772. The largest absolute Gasteiger partial charge is 0.467 e. The van der Waals surface area contributed by atoms with Crippen LogP contribution in [0.4, 0.5) is 0 Å². The van der Waals surface area contributed by atoms with E-state index in [1.807, 2.05) is 30.3 Å². The van der Waals surface area contributed by atoms with E-state index >= 15 is 0 Å². The molecule has 5 heteroatoms. The van der Waals surface area contributed by atoms with Crippen LogP contribution in [0.2, 0.25) is 0 Å². The number of nitrogens with one attached hydrogen (secondary N) is 1. The summed E-state index contributed by atoms with van der Waals surface area (Å²) in [4.78, 5) is 12.4. The van der Waals surface area contributed by atoms with Crippen molar-refractivity contribution in [3.8, 4) is 0 Å². The smallest absolute Gasteiger partial charge is 0.333 e. The van der Waals surface area contributed by atoms with Crippen molar-refractivity contribution < 1.29 is 19.0 Å². The fraction of sp³-hybridized carbons (Fsp3) is 0.562. The van der Waals surface area contributed by atoms with Gasteiger partial charge in [0.25, 0.3) is 0 Å². The van der Waals surface area contributed by atoms with Crippen LogP contribution < -0.4 is 5.32 Å². The summed E-state index contributed by atoms with van der Waals surface area (Å²) in [6.07, 6.45) is 2.20. The van der Waals surface area contributed by atoms with Gasteiger partial charge >= 0.3 is 5.97 Å². The van der Waals surface area contributed by atoms with E-state index in [2.05, 4.69) is 5.32 Å². The molecule has 1 aromatic carbocycles. The van der Waals surface area contributed by atoms with Crippen molar-refractivity contribution in [2.75, 3.05) is 34.0 Å². The average molecular weight is 293 g/mol. The molecule has 5 nitrogen and oxygen atoms in total. The van der Waals surface area contributed by atoms with Crippen molar-refractivity contribution in [2.45, 2.75) is 24.5 Å². The third kappa shape index (κ3) is 3.61. The fourth-order valence-electron chi connectivity index (χ4n) is 2.69. The van der Waals surface area contributed by atoms with Crippen molar-refractivity contribution in [1.29, 1.82) is 0 Å². The van der Waals surface area contributed by atoms with E-state index in [0.29, 0.717) is 6.54 Å². The number of ether oxygens (including phenoxy) is 3. The number of carbonyl (C=O) groups is 1. The number of methoxy groups -OCH3 is 2. The summed E-state index contributed by atoms with van der Waals surface area (Å²) in [6.45, 7) is 1.58. The second kappa shape index (κ2) is 7.54. The Hall–Kier alpha value is -1.43. The van der Waals surface area contributed by atoms with Gasteiger partial charge in [-0.1, -0.05) is 30.3 Å². The Labute approximate surface area is 125 Å². The molecule has 21 heavy (non-hydrogen) atoms. The Morgan fingerprint density at radius 3 is 2.71 bits per heavy atom. The SMILES string of the molecule is COCC(NCC1CCCO1)(C(=O)OC)c1ccccc1. The highest BCUT2D eigenvalue weighted by Gasteiger charge is 2.42. The van der Waals surface area contributed by atoms with E-state index in [4.69, 9.17) is 14.2 Å². The van der Waals surface area contributed by atoms with Gasteiger partial charge in [-0.15, -0.1) is 0 Å². The van der Waals surface area contributed by atoms with Gasteiger partial charge in [0, 0.05) is 20.3 Å². The van der Waals surface area contributed by atoms with Gasteiger partial charge in [-0.25, -0.2) is 4.79 Å². The van der Waals surface area contributed by atoms with Gasteiger partial charge in [-0.2, -0.15) is 0 Å². The lowest BCUT2D eigenvalue weighted by Crippen LogP contribution is -2.55. The average Bonchev–Trinajstić information content (AvgIpc) is 3.05. The fourth-order valence-corrected chi connectivity index (χ4v) is 2.69. The molecule has 0 aromatic heterocycles. The van der Waals surface area contributed by atoms with E-state index < -0.39 is 5.54 Å². The highest BCUT2D eigenvalue weighted by molar-refractivity contribution is 5.82. The molecule has 0 aliphatic carbocycles. The maximum Gasteiger partial charge on any atom is 0.333 e. The van der Waals surface area contributed by atoms with Crippen LogP contribution in [0.3, 0.4) is 0 Å². The lowest BCUT2D eigenvalue weighted by Gasteiger charge is -2.32. The molecule has 2 rings (SSSR count). The lowest BCUT2D eigenvalue weighted by molar-refractivity contribution is -0.152. The zero-order valence-electron chi connectivity index (χ0n) is 12.6. The Bertz CT molecular complexity index is 445. The number of carbonyl (C=O) groups excluding carboxylic acids is 1. The summed E-state index contributed by atoms with van der Waals surface area (Å²) in [5, 5.41) is 3.32. The number of rotatable bonds is 7. The van der Waals surface area contributed by atoms with Crippen molar-refractivity contribution in [3.63, 3.8) is 0 Å². The molecule has 0 spiro atoms. The van der Waals surface area contributed by atoms with Crippen LogP contribution in [0, 0.1) is 0 Å². The summed E-state index contributed by atoms with van der Waals surface area (Å²) >= 11 is 0. The minimum absolute atomic E-state index is 0.134. The minimum atomic E-state index is -1.00. The van der Waals surface area contributed by atoms with Crippen molar-refractivity contribution >= 4 is 5.97 Å². The van der Waals surface area contributed by atoms with E-state index in [-0.39, 0.29) is 18.7 Å². The maximum atomic E-state index is 12.4. The summed E-state index contributed by atoms with van der Waals surface area (Å²) in [7, 11) is 2.97. The number of hydrogen-bond acceptors (Lipinski definition) is 5. The molecule has 2 atom stereocenters. The highest BCUT2D eigenvalue weighted by Crippen LogP contribution is 2.24. The van der Waals surface area contributed by atoms with Gasteiger partial charge in [0.1, 0.15) is 0 Å². The van der Waals surface area contributed by atoms with E-state index in [1.54, 1.807) is 7.11 Å². The molecule has 1 saturated heterocycles. The van der Waals surface area contributed by atoms with Gasteiger partial charge in [-0.3, -0.25) is 5.32 Å². The minimum Gasteiger partial charge on any atom is -0.467 e. The predicted molar refractivity (Wildman–Crippen MR) is 79.0 cm³/mol. The molecule has 0 bridgehead atoms. The summed E-state index contributed by atoms with van der Waals surface area (Å²) in [5.41, 5.74) is -0.173. The van der Waals surface area contributed by atoms with Crippen molar-refractivity contribution in [2.24, 2.45) is 0 Å². The molecule has 0 radical (unpaired) electrons. The Morgan fingerprint density at radius 1 is 1.38 bits per heavy atom. The van der Waals surface area contributed by atoms with Crippen LogP contribution in [0.15, 0.2) is 30.3 Å². The van der Waals surface area contributed by atoms with Crippen LogP contribution >= 0.6 is 0 Å². The number of esters is 1. The normalized spacial score (nSPS) is 21.0. The first kappa shape index (κ1) is 15.9. The van der Waals surface area contributed by atoms with Gasteiger partial charge in [-0.05, 0) is 18.4 Å². The molecule has 2 unspecified atom stereocenters. The molecule has 1 aliphatic heterocycles. The molecule has 1 fully saturated rings. The zero-order chi connectivity index (χ0) is 15.1. The predicted octanol–water partition coefficient (Wildman–Crippen LogP) is 1.47. The van der Waals surface area contributed by atoms with E-state index in [1.165, 1.54) is 7.11 Å². The van der Waals surface area contributed by atoms with Crippen molar-refractivity contribution in [1.82, 2.24) is 5.32 Å². The molecule has 0 amide bonds. The van der Waals surface area contributed by atoms with Crippen molar-refractivity contribution in [3.05, 3.63) is 35.9 Å². The van der Waals surface area contributed by atoms with Gasteiger partial charge in [0.15, 0.2) is 5.54 Å².